The largest absolute Gasteiger partial charge is 0.265 e. The van der Waals surface area contributed by atoms with Gasteiger partial charge < -0.3 is 0 Å². The second-order valence-electron chi connectivity index (χ2n) is 5.04. The van der Waals surface area contributed by atoms with Crippen LogP contribution in [-0.2, 0) is 16.6 Å². The van der Waals surface area contributed by atoms with Gasteiger partial charge in [0.15, 0.2) is 0 Å². The number of hydrogen-bond acceptors (Lipinski definition) is 3. The third-order valence-electron chi connectivity index (χ3n) is 3.48. The number of hydrogen-bond donors (Lipinski definition) is 1. The maximum absolute atomic E-state index is 12.7. The van der Waals surface area contributed by atoms with E-state index in [4.69, 9.17) is 0 Å². The molecule has 0 aliphatic heterocycles. The highest BCUT2D eigenvalue weighted by molar-refractivity contribution is 7.89. The molecule has 1 N–H and O–H groups in total. The highest BCUT2D eigenvalue weighted by Gasteiger charge is 2.18. The van der Waals surface area contributed by atoms with Crippen molar-refractivity contribution in [3.8, 4) is 11.1 Å². The van der Waals surface area contributed by atoms with E-state index in [0.717, 1.165) is 11.1 Å². The van der Waals surface area contributed by atoms with Crippen LogP contribution in [0.5, 0.6) is 0 Å². The second kappa shape index (κ2) is 6.73. The zero-order chi connectivity index (χ0) is 16.1. The van der Waals surface area contributed by atoms with Gasteiger partial charge in [-0.3, -0.25) is 4.98 Å². The number of benzene rings is 2. The molecule has 0 saturated heterocycles. The topological polar surface area (TPSA) is 59.1 Å². The van der Waals surface area contributed by atoms with Crippen LogP contribution in [0.15, 0.2) is 84.0 Å². The van der Waals surface area contributed by atoms with E-state index < -0.39 is 10.0 Å². The zero-order valence-electron chi connectivity index (χ0n) is 12.4. The lowest BCUT2D eigenvalue weighted by Gasteiger charge is -2.11. The first-order valence-electron chi connectivity index (χ1n) is 7.20. The summed E-state index contributed by atoms with van der Waals surface area (Å²) in [4.78, 5) is 4.20. The van der Waals surface area contributed by atoms with Crippen LogP contribution in [0.4, 0.5) is 0 Å². The predicted octanol–water partition coefficient (Wildman–Crippen LogP) is 3.23. The van der Waals surface area contributed by atoms with Crippen molar-refractivity contribution in [2.75, 3.05) is 0 Å². The molecule has 3 aromatic rings. The molecule has 0 unspecified atom stereocenters. The van der Waals surface area contributed by atoms with Crippen molar-refractivity contribution in [3.05, 3.63) is 84.7 Å². The molecule has 3 rings (SSSR count). The van der Waals surface area contributed by atoms with Crippen LogP contribution < -0.4 is 4.72 Å². The zero-order valence-corrected chi connectivity index (χ0v) is 13.2. The molecule has 0 aliphatic rings. The molecule has 5 heteroatoms. The van der Waals surface area contributed by atoms with Gasteiger partial charge in [-0.1, -0.05) is 48.5 Å². The van der Waals surface area contributed by atoms with E-state index in [1.807, 2.05) is 42.5 Å². The van der Waals surface area contributed by atoms with Crippen molar-refractivity contribution < 1.29 is 8.42 Å². The fourth-order valence-electron chi connectivity index (χ4n) is 2.31. The van der Waals surface area contributed by atoms with E-state index in [1.54, 1.807) is 36.7 Å². The Morgan fingerprint density at radius 2 is 1.48 bits per heavy atom. The SMILES string of the molecule is O=S(=O)(NCc1ccncc1)c1ccccc1-c1ccccc1. The van der Waals surface area contributed by atoms with Crippen molar-refractivity contribution in [2.45, 2.75) is 11.4 Å². The Kier molecular flexibility index (Phi) is 4.50. The lowest BCUT2D eigenvalue weighted by Crippen LogP contribution is -2.23. The molecular formula is C18H16N2O2S. The van der Waals surface area contributed by atoms with Crippen molar-refractivity contribution in [2.24, 2.45) is 0 Å². The molecule has 116 valence electrons. The Hall–Kier alpha value is -2.50. The minimum atomic E-state index is -3.61. The summed E-state index contributed by atoms with van der Waals surface area (Å²) in [6.07, 6.45) is 3.28. The second-order valence-corrected chi connectivity index (χ2v) is 6.78. The lowest BCUT2D eigenvalue weighted by atomic mass is 10.1. The van der Waals surface area contributed by atoms with Gasteiger partial charge in [-0.05, 0) is 29.3 Å². The molecule has 0 fully saturated rings. The summed E-state index contributed by atoms with van der Waals surface area (Å²) in [6.45, 7) is 0.230. The molecule has 4 nitrogen and oxygen atoms in total. The van der Waals surface area contributed by atoms with E-state index in [-0.39, 0.29) is 11.4 Å². The molecular weight excluding hydrogens is 308 g/mol. The number of sulfonamides is 1. The molecule has 1 heterocycles. The van der Waals surface area contributed by atoms with E-state index in [9.17, 15) is 8.42 Å². The van der Waals surface area contributed by atoms with Crippen molar-refractivity contribution in [1.29, 1.82) is 0 Å². The van der Waals surface area contributed by atoms with Gasteiger partial charge >= 0.3 is 0 Å². The predicted molar refractivity (Wildman–Crippen MR) is 90.1 cm³/mol. The summed E-state index contributed by atoms with van der Waals surface area (Å²) < 4.78 is 28.0. The molecule has 1 aromatic heterocycles. The van der Waals surface area contributed by atoms with Crippen LogP contribution in [-0.4, -0.2) is 13.4 Å². The maximum Gasteiger partial charge on any atom is 0.241 e. The fraction of sp³-hybridized carbons (Fsp3) is 0.0556. The van der Waals surface area contributed by atoms with Crippen LogP contribution in [0.2, 0.25) is 0 Å². The highest BCUT2D eigenvalue weighted by Crippen LogP contribution is 2.26. The lowest BCUT2D eigenvalue weighted by molar-refractivity contribution is 0.581. The third-order valence-corrected chi connectivity index (χ3v) is 4.94. The number of pyridine rings is 1. The molecule has 0 spiro atoms. The third kappa shape index (κ3) is 3.64. The monoisotopic (exact) mass is 324 g/mol. The Morgan fingerprint density at radius 3 is 2.22 bits per heavy atom. The first-order chi connectivity index (χ1) is 11.2. The first-order valence-corrected chi connectivity index (χ1v) is 8.68. The Bertz CT molecular complexity index is 879. The van der Waals surface area contributed by atoms with Gasteiger partial charge in [-0.15, -0.1) is 0 Å². The standard InChI is InChI=1S/C18H16N2O2S/c21-23(22,20-14-15-10-12-19-13-11-15)18-9-5-4-8-17(18)16-6-2-1-3-7-16/h1-13,20H,14H2. The number of nitrogens with zero attached hydrogens (tertiary/aromatic N) is 1. The van der Waals surface area contributed by atoms with Gasteiger partial charge in [0.1, 0.15) is 0 Å². The van der Waals surface area contributed by atoms with Crippen LogP contribution >= 0.6 is 0 Å². The van der Waals surface area contributed by atoms with Crippen LogP contribution in [0, 0.1) is 0 Å². The number of rotatable bonds is 5. The smallest absolute Gasteiger partial charge is 0.241 e. The van der Waals surface area contributed by atoms with Gasteiger partial charge in [-0.2, -0.15) is 0 Å². The van der Waals surface area contributed by atoms with Gasteiger partial charge in [0, 0.05) is 24.5 Å². The van der Waals surface area contributed by atoms with Crippen molar-refractivity contribution >= 4 is 10.0 Å². The number of aromatic nitrogens is 1. The normalized spacial score (nSPS) is 11.3. The van der Waals surface area contributed by atoms with Gasteiger partial charge in [0.05, 0.1) is 4.90 Å². The van der Waals surface area contributed by atoms with Crippen LogP contribution in [0.25, 0.3) is 11.1 Å². The summed E-state index contributed by atoms with van der Waals surface area (Å²) in [5, 5.41) is 0. The van der Waals surface area contributed by atoms with E-state index in [0.29, 0.717) is 5.56 Å². The summed E-state index contributed by atoms with van der Waals surface area (Å²) in [5.74, 6) is 0. The van der Waals surface area contributed by atoms with Crippen molar-refractivity contribution in [3.63, 3.8) is 0 Å². The molecule has 2 aromatic carbocycles. The minimum Gasteiger partial charge on any atom is -0.265 e. The van der Waals surface area contributed by atoms with Crippen LogP contribution in [0.3, 0.4) is 0 Å². The average molecular weight is 324 g/mol. The van der Waals surface area contributed by atoms with Gasteiger partial charge in [0.25, 0.3) is 0 Å². The van der Waals surface area contributed by atoms with Crippen LogP contribution in [0.1, 0.15) is 5.56 Å². The quantitative estimate of drug-likeness (QED) is 0.784. The summed E-state index contributed by atoms with van der Waals surface area (Å²) in [5.41, 5.74) is 2.42. The molecule has 0 amide bonds. The molecule has 0 atom stereocenters. The van der Waals surface area contributed by atoms with Gasteiger partial charge in [-0.25, -0.2) is 13.1 Å². The maximum atomic E-state index is 12.7. The Labute approximate surface area is 135 Å². The van der Waals surface area contributed by atoms with Gasteiger partial charge in [0.2, 0.25) is 10.0 Å². The molecule has 0 saturated carbocycles. The molecule has 0 aliphatic carbocycles. The summed E-state index contributed by atoms with van der Waals surface area (Å²) >= 11 is 0. The Balaban J connectivity index is 1.92. The molecule has 0 bridgehead atoms. The van der Waals surface area contributed by atoms with Crippen molar-refractivity contribution in [1.82, 2.24) is 9.71 Å². The average Bonchev–Trinajstić information content (AvgIpc) is 2.62. The minimum absolute atomic E-state index is 0.230. The number of nitrogens with one attached hydrogen (secondary N) is 1. The Morgan fingerprint density at radius 1 is 0.826 bits per heavy atom. The fourth-order valence-corrected chi connectivity index (χ4v) is 3.56. The molecule has 23 heavy (non-hydrogen) atoms. The summed E-state index contributed by atoms with van der Waals surface area (Å²) in [7, 11) is -3.61. The summed E-state index contributed by atoms with van der Waals surface area (Å²) in [6, 6.07) is 20.1. The first kappa shape index (κ1) is 15.4. The van der Waals surface area contributed by atoms with E-state index in [2.05, 4.69) is 9.71 Å². The molecule has 0 radical (unpaired) electrons. The van der Waals surface area contributed by atoms with E-state index >= 15 is 0 Å². The van der Waals surface area contributed by atoms with E-state index in [1.165, 1.54) is 0 Å². The highest BCUT2D eigenvalue weighted by atomic mass is 32.2.